The van der Waals surface area contributed by atoms with E-state index < -0.39 is 0 Å². The zero-order valence-corrected chi connectivity index (χ0v) is 35.4. The molecule has 0 spiro atoms. The van der Waals surface area contributed by atoms with Gasteiger partial charge in [0.1, 0.15) is 0 Å². The van der Waals surface area contributed by atoms with Crippen LogP contribution < -0.4 is 4.90 Å². The Hall–Kier alpha value is -8.66. The van der Waals surface area contributed by atoms with E-state index in [0.717, 1.165) is 72.8 Å². The first-order valence-corrected chi connectivity index (χ1v) is 22.2. The lowest BCUT2D eigenvalue weighted by molar-refractivity contribution is 0.658. The molecular formula is C62H40N2O. The minimum Gasteiger partial charge on any atom is -0.438 e. The molecule has 13 rings (SSSR count). The first-order chi connectivity index (χ1) is 32.2. The summed E-state index contributed by atoms with van der Waals surface area (Å²) in [4.78, 5) is 2.42. The van der Waals surface area contributed by atoms with Gasteiger partial charge in [0.25, 0.3) is 0 Å². The molecule has 0 N–H and O–H groups in total. The van der Waals surface area contributed by atoms with Crippen molar-refractivity contribution in [1.29, 1.82) is 0 Å². The van der Waals surface area contributed by atoms with Crippen LogP contribution in [-0.2, 0) is 0 Å². The first-order valence-electron chi connectivity index (χ1n) is 22.2. The third-order valence-electron chi connectivity index (χ3n) is 13.1. The van der Waals surface area contributed by atoms with E-state index in [1.54, 1.807) is 0 Å². The molecule has 0 saturated carbocycles. The number of hydrogen-bond acceptors (Lipinski definition) is 2. The number of benzene rings is 11. The normalized spacial score (nSPS) is 11.7. The predicted octanol–water partition coefficient (Wildman–Crippen LogP) is 17.4. The number of oxazole rings is 1. The van der Waals surface area contributed by atoms with Crippen molar-refractivity contribution < 1.29 is 4.42 Å². The van der Waals surface area contributed by atoms with Gasteiger partial charge in [0.05, 0.1) is 16.6 Å². The maximum Gasteiger partial charge on any atom is 0.213 e. The second-order valence-corrected chi connectivity index (χ2v) is 16.9. The Balaban J connectivity index is 0.996. The Morgan fingerprint density at radius 2 is 0.754 bits per heavy atom. The molecule has 11 aromatic carbocycles. The summed E-state index contributed by atoms with van der Waals surface area (Å²) >= 11 is 0. The van der Waals surface area contributed by atoms with Gasteiger partial charge in [-0.25, -0.2) is 0 Å². The lowest BCUT2D eigenvalue weighted by atomic mass is 9.93. The maximum atomic E-state index is 6.68. The molecule has 0 aliphatic heterocycles. The van der Waals surface area contributed by atoms with Crippen molar-refractivity contribution in [2.45, 2.75) is 0 Å². The lowest BCUT2D eigenvalue weighted by Crippen LogP contribution is -2.10. The number of para-hydroxylation sites is 1. The monoisotopic (exact) mass is 828 g/mol. The Kier molecular flexibility index (Phi) is 8.53. The molecule has 0 saturated heterocycles. The third-order valence-corrected chi connectivity index (χ3v) is 13.1. The SMILES string of the molecule is c1ccc(-c2cc(-c3ccccc3)cc(N(c3ccc(-c4ccc5oc6c(-c7ccccc7)c7ccccc7n6c5c4)cc3)c3ccc4c5ccccc5c5ccccc5c4c3)c2)cc1. The largest absolute Gasteiger partial charge is 0.438 e. The Labute approximate surface area is 376 Å². The molecule has 0 amide bonds. The minimum atomic E-state index is 0.860. The zero-order chi connectivity index (χ0) is 42.8. The van der Waals surface area contributed by atoms with Crippen molar-refractivity contribution in [3.63, 3.8) is 0 Å². The van der Waals surface area contributed by atoms with Crippen LogP contribution in [0.5, 0.6) is 0 Å². The fraction of sp³-hybridized carbons (Fsp3) is 0. The molecule has 2 aromatic heterocycles. The topological polar surface area (TPSA) is 20.8 Å². The maximum absolute atomic E-state index is 6.68. The van der Waals surface area contributed by atoms with E-state index in [4.69, 9.17) is 4.42 Å². The molecule has 0 bridgehead atoms. The number of aromatic nitrogens is 1. The van der Waals surface area contributed by atoms with Gasteiger partial charge in [-0.05, 0) is 132 Å². The van der Waals surface area contributed by atoms with E-state index >= 15 is 0 Å². The van der Waals surface area contributed by atoms with Crippen LogP contribution >= 0.6 is 0 Å². The van der Waals surface area contributed by atoms with Crippen LogP contribution in [0.25, 0.3) is 105 Å². The molecule has 304 valence electrons. The molecule has 13 aromatic rings. The van der Waals surface area contributed by atoms with Crippen molar-refractivity contribution in [3.05, 3.63) is 243 Å². The molecule has 2 heterocycles. The number of hydrogen-bond donors (Lipinski definition) is 0. The highest BCUT2D eigenvalue weighted by Gasteiger charge is 2.21. The molecule has 0 unspecified atom stereocenters. The Bertz CT molecular complexity index is 3830. The van der Waals surface area contributed by atoms with E-state index in [9.17, 15) is 0 Å². The van der Waals surface area contributed by atoms with Gasteiger partial charge in [-0.1, -0.05) is 182 Å². The molecule has 65 heavy (non-hydrogen) atoms. The zero-order valence-electron chi connectivity index (χ0n) is 35.4. The third kappa shape index (κ3) is 6.12. The van der Waals surface area contributed by atoms with Crippen LogP contribution in [-0.4, -0.2) is 4.40 Å². The number of fused-ring (bicyclic) bond motifs is 11. The molecule has 0 atom stereocenters. The van der Waals surface area contributed by atoms with E-state index in [2.05, 4.69) is 252 Å². The van der Waals surface area contributed by atoms with Crippen LogP contribution in [0.3, 0.4) is 0 Å². The Morgan fingerprint density at radius 1 is 0.277 bits per heavy atom. The van der Waals surface area contributed by atoms with Gasteiger partial charge in [-0.3, -0.25) is 4.40 Å². The van der Waals surface area contributed by atoms with Crippen LogP contribution in [0.1, 0.15) is 0 Å². The summed E-state index contributed by atoms with van der Waals surface area (Å²) in [5.74, 6) is 0. The predicted molar refractivity (Wildman–Crippen MR) is 274 cm³/mol. The van der Waals surface area contributed by atoms with Crippen molar-refractivity contribution in [3.8, 4) is 44.5 Å². The first kappa shape index (κ1) is 36.9. The van der Waals surface area contributed by atoms with E-state index in [0.29, 0.717) is 0 Å². The summed E-state index contributed by atoms with van der Waals surface area (Å²) < 4.78 is 8.96. The summed E-state index contributed by atoms with van der Waals surface area (Å²) in [6.45, 7) is 0. The minimum absolute atomic E-state index is 0.860. The Morgan fingerprint density at radius 3 is 1.37 bits per heavy atom. The van der Waals surface area contributed by atoms with Gasteiger partial charge in [0.2, 0.25) is 5.71 Å². The van der Waals surface area contributed by atoms with Crippen LogP contribution in [0.2, 0.25) is 0 Å². The van der Waals surface area contributed by atoms with Gasteiger partial charge in [-0.15, -0.1) is 0 Å². The van der Waals surface area contributed by atoms with Crippen LogP contribution in [0, 0.1) is 0 Å². The number of rotatable bonds is 7. The summed E-state index contributed by atoms with van der Waals surface area (Å²) in [6.07, 6.45) is 0. The summed E-state index contributed by atoms with van der Waals surface area (Å²) in [5, 5.41) is 8.70. The fourth-order valence-corrected chi connectivity index (χ4v) is 10.1. The summed E-state index contributed by atoms with van der Waals surface area (Å²) in [5.41, 5.74) is 16.3. The molecule has 0 aliphatic carbocycles. The molecule has 0 fully saturated rings. The van der Waals surface area contributed by atoms with Crippen molar-refractivity contribution in [2.75, 3.05) is 4.90 Å². The van der Waals surface area contributed by atoms with Gasteiger partial charge in [-0.2, -0.15) is 0 Å². The number of anilines is 3. The van der Waals surface area contributed by atoms with Crippen molar-refractivity contribution in [1.82, 2.24) is 4.40 Å². The lowest BCUT2D eigenvalue weighted by Gasteiger charge is -2.28. The molecule has 3 heteroatoms. The van der Waals surface area contributed by atoms with Crippen LogP contribution in [0.15, 0.2) is 247 Å². The van der Waals surface area contributed by atoms with E-state index in [1.807, 2.05) is 0 Å². The molecular weight excluding hydrogens is 789 g/mol. The second-order valence-electron chi connectivity index (χ2n) is 16.9. The van der Waals surface area contributed by atoms with E-state index in [-0.39, 0.29) is 0 Å². The van der Waals surface area contributed by atoms with Gasteiger partial charge >= 0.3 is 0 Å². The quantitative estimate of drug-likeness (QED) is 0.149. The molecule has 3 nitrogen and oxygen atoms in total. The van der Waals surface area contributed by atoms with Gasteiger partial charge in [0, 0.05) is 22.4 Å². The summed E-state index contributed by atoms with van der Waals surface area (Å²) in [6, 6.07) is 87.8. The van der Waals surface area contributed by atoms with Gasteiger partial charge < -0.3 is 9.32 Å². The van der Waals surface area contributed by atoms with Crippen molar-refractivity contribution in [2.24, 2.45) is 0 Å². The average molecular weight is 829 g/mol. The molecule has 0 radical (unpaired) electrons. The standard InChI is InChI=1S/C62H40N2O/c1-4-16-41(17-5-1)46-36-47(42-18-6-2-7-19-42)38-50(37-46)63(49-33-34-55-53-24-11-10-22-51(53)52-23-12-13-25-54(52)57(55)40-49)48-31-28-43(29-32-48)45-30-35-60-59(39-45)64-58-27-15-14-26-56(58)61(62(64)65-60)44-20-8-3-9-21-44/h1-40H. The van der Waals surface area contributed by atoms with Crippen molar-refractivity contribution >= 4 is 77.1 Å². The average Bonchev–Trinajstić information content (AvgIpc) is 3.92. The number of nitrogens with zero attached hydrogens (tertiary/aromatic N) is 2. The second kappa shape index (κ2) is 15.0. The fourth-order valence-electron chi connectivity index (χ4n) is 10.1. The highest BCUT2D eigenvalue weighted by Crippen LogP contribution is 2.44. The van der Waals surface area contributed by atoms with Crippen LogP contribution in [0.4, 0.5) is 17.1 Å². The summed E-state index contributed by atoms with van der Waals surface area (Å²) in [7, 11) is 0. The molecule has 0 aliphatic rings. The van der Waals surface area contributed by atoms with Gasteiger partial charge in [0.15, 0.2) is 5.58 Å². The highest BCUT2D eigenvalue weighted by atomic mass is 16.3. The van der Waals surface area contributed by atoms with E-state index in [1.165, 1.54) is 48.8 Å². The highest BCUT2D eigenvalue weighted by molar-refractivity contribution is 6.26. The smallest absolute Gasteiger partial charge is 0.213 e.